The third-order valence-corrected chi connectivity index (χ3v) is 4.81. The maximum atomic E-state index is 6.31. The summed E-state index contributed by atoms with van der Waals surface area (Å²) < 4.78 is 10.8. The summed E-state index contributed by atoms with van der Waals surface area (Å²) >= 11 is 6.31. The fourth-order valence-electron chi connectivity index (χ4n) is 2.94. The molecule has 0 amide bonds. The fourth-order valence-corrected chi connectivity index (χ4v) is 3.21. The van der Waals surface area contributed by atoms with Crippen molar-refractivity contribution in [2.45, 2.75) is 51.6 Å². The molecule has 0 atom stereocenters. The summed E-state index contributed by atoms with van der Waals surface area (Å²) in [5.41, 5.74) is 3.89. The lowest BCUT2D eigenvalue weighted by atomic mass is 9.82. The summed E-state index contributed by atoms with van der Waals surface area (Å²) in [4.78, 5) is 0. The minimum absolute atomic E-state index is 0.406. The average molecular weight is 297 g/mol. The monoisotopic (exact) mass is 296 g/mol. The topological polar surface area (TPSA) is 18.5 Å². The molecule has 1 fully saturated rings. The van der Waals surface area contributed by atoms with E-state index in [0.29, 0.717) is 25.2 Å². The van der Waals surface area contributed by atoms with Gasteiger partial charge in [0.1, 0.15) is 0 Å². The number of methoxy groups -OCH3 is 1. The smallest absolute Gasteiger partial charge is 0.0704 e. The Bertz CT molecular complexity index is 414. The highest BCUT2D eigenvalue weighted by Crippen LogP contribution is 2.36. The molecule has 0 N–H and O–H groups in total. The summed E-state index contributed by atoms with van der Waals surface area (Å²) in [6.07, 6.45) is 5.06. The molecule has 0 unspecified atom stereocenters. The molecule has 0 aromatic heterocycles. The van der Waals surface area contributed by atoms with Crippen molar-refractivity contribution in [2.75, 3.05) is 20.3 Å². The lowest BCUT2D eigenvalue weighted by Gasteiger charge is -2.29. The van der Waals surface area contributed by atoms with E-state index in [2.05, 4.69) is 26.0 Å². The van der Waals surface area contributed by atoms with Gasteiger partial charge in [0, 0.05) is 12.1 Å². The first-order valence-corrected chi connectivity index (χ1v) is 7.86. The van der Waals surface area contributed by atoms with Crippen molar-refractivity contribution in [3.05, 3.63) is 33.8 Å². The molecule has 1 aromatic carbocycles. The van der Waals surface area contributed by atoms with Gasteiger partial charge in [0.05, 0.1) is 19.3 Å². The van der Waals surface area contributed by atoms with Gasteiger partial charge in [0.25, 0.3) is 0 Å². The highest BCUT2D eigenvalue weighted by atomic mass is 35.5. The van der Waals surface area contributed by atoms with Crippen LogP contribution < -0.4 is 0 Å². The standard InChI is InChI=1S/C17H25ClO2/c1-12-10-15(11-17(18)13(12)2)14-4-6-16(7-5-14)20-9-8-19-3/h10-11,14,16H,4-9H2,1-3H3. The Hall–Kier alpha value is -0.570. The van der Waals surface area contributed by atoms with Gasteiger partial charge in [-0.25, -0.2) is 0 Å². The van der Waals surface area contributed by atoms with Crippen LogP contribution >= 0.6 is 11.6 Å². The first-order chi connectivity index (χ1) is 9.61. The Labute approximate surface area is 127 Å². The molecule has 112 valence electrons. The van der Waals surface area contributed by atoms with Crippen LogP contribution in [0.15, 0.2) is 12.1 Å². The lowest BCUT2D eigenvalue weighted by Crippen LogP contribution is -2.22. The van der Waals surface area contributed by atoms with Gasteiger partial charge >= 0.3 is 0 Å². The zero-order valence-electron chi connectivity index (χ0n) is 12.7. The van der Waals surface area contributed by atoms with Gasteiger partial charge in [-0.3, -0.25) is 0 Å². The van der Waals surface area contributed by atoms with Crippen LogP contribution in [-0.4, -0.2) is 26.4 Å². The Kier molecular flexibility index (Phi) is 5.88. The quantitative estimate of drug-likeness (QED) is 0.737. The first-order valence-electron chi connectivity index (χ1n) is 7.49. The second-order valence-corrected chi connectivity index (χ2v) is 6.19. The predicted molar refractivity (Wildman–Crippen MR) is 83.8 cm³/mol. The van der Waals surface area contributed by atoms with Crippen LogP contribution in [0.1, 0.15) is 48.3 Å². The number of hydrogen-bond acceptors (Lipinski definition) is 2. The van der Waals surface area contributed by atoms with Crippen LogP contribution in [0, 0.1) is 13.8 Å². The van der Waals surface area contributed by atoms with Crippen molar-refractivity contribution in [2.24, 2.45) is 0 Å². The van der Waals surface area contributed by atoms with Gasteiger partial charge < -0.3 is 9.47 Å². The average Bonchev–Trinajstić information content (AvgIpc) is 2.45. The van der Waals surface area contributed by atoms with Crippen molar-refractivity contribution in [1.29, 1.82) is 0 Å². The van der Waals surface area contributed by atoms with Crippen LogP contribution in [0.3, 0.4) is 0 Å². The normalized spacial score (nSPS) is 23.0. The van der Waals surface area contributed by atoms with Gasteiger partial charge in [-0.2, -0.15) is 0 Å². The fraction of sp³-hybridized carbons (Fsp3) is 0.647. The number of halogens is 1. The molecule has 2 rings (SSSR count). The highest BCUT2D eigenvalue weighted by Gasteiger charge is 2.23. The largest absolute Gasteiger partial charge is 0.382 e. The summed E-state index contributed by atoms with van der Waals surface area (Å²) in [6, 6.07) is 4.46. The summed E-state index contributed by atoms with van der Waals surface area (Å²) in [5, 5.41) is 0.901. The van der Waals surface area contributed by atoms with E-state index >= 15 is 0 Å². The maximum absolute atomic E-state index is 6.31. The molecular formula is C17H25ClO2. The van der Waals surface area contributed by atoms with Crippen molar-refractivity contribution < 1.29 is 9.47 Å². The predicted octanol–water partition coefficient (Wildman–Crippen LogP) is 4.65. The molecular weight excluding hydrogens is 272 g/mol. The zero-order valence-corrected chi connectivity index (χ0v) is 13.5. The van der Waals surface area contributed by atoms with Crippen LogP contribution in [0.4, 0.5) is 0 Å². The molecule has 0 heterocycles. The maximum Gasteiger partial charge on any atom is 0.0704 e. The minimum Gasteiger partial charge on any atom is -0.382 e. The van der Waals surface area contributed by atoms with E-state index in [1.807, 2.05) is 0 Å². The molecule has 1 aliphatic rings. The minimum atomic E-state index is 0.406. The Morgan fingerprint density at radius 1 is 1.10 bits per heavy atom. The molecule has 1 saturated carbocycles. The number of rotatable bonds is 5. The van der Waals surface area contributed by atoms with Crippen molar-refractivity contribution in [3.63, 3.8) is 0 Å². The van der Waals surface area contributed by atoms with Crippen LogP contribution in [0.5, 0.6) is 0 Å². The van der Waals surface area contributed by atoms with Crippen LogP contribution in [0.25, 0.3) is 0 Å². The van der Waals surface area contributed by atoms with E-state index in [4.69, 9.17) is 21.1 Å². The van der Waals surface area contributed by atoms with Gasteiger partial charge in [-0.05, 0) is 68.2 Å². The van der Waals surface area contributed by atoms with Gasteiger partial charge in [-0.15, -0.1) is 0 Å². The SMILES string of the molecule is COCCOC1CCC(c2cc(C)c(C)c(Cl)c2)CC1. The summed E-state index contributed by atoms with van der Waals surface area (Å²) in [7, 11) is 1.71. The molecule has 0 bridgehead atoms. The van der Waals surface area contributed by atoms with Crippen molar-refractivity contribution in [1.82, 2.24) is 0 Å². The van der Waals surface area contributed by atoms with Gasteiger partial charge in [0.15, 0.2) is 0 Å². The van der Waals surface area contributed by atoms with Gasteiger partial charge in [-0.1, -0.05) is 17.7 Å². The lowest BCUT2D eigenvalue weighted by molar-refractivity contribution is -0.00280. The van der Waals surface area contributed by atoms with Crippen LogP contribution in [0.2, 0.25) is 5.02 Å². The third-order valence-electron chi connectivity index (χ3n) is 4.41. The molecule has 0 spiro atoms. The van der Waals surface area contributed by atoms with E-state index in [1.165, 1.54) is 29.5 Å². The Balaban J connectivity index is 1.90. The van der Waals surface area contributed by atoms with Crippen LogP contribution in [-0.2, 0) is 9.47 Å². The van der Waals surface area contributed by atoms with E-state index in [-0.39, 0.29) is 0 Å². The van der Waals surface area contributed by atoms with E-state index < -0.39 is 0 Å². The molecule has 1 aliphatic carbocycles. The number of hydrogen-bond donors (Lipinski definition) is 0. The molecule has 2 nitrogen and oxygen atoms in total. The molecule has 20 heavy (non-hydrogen) atoms. The number of aryl methyl sites for hydroxylation is 1. The number of benzene rings is 1. The molecule has 3 heteroatoms. The number of ether oxygens (including phenoxy) is 2. The molecule has 0 aliphatic heterocycles. The second-order valence-electron chi connectivity index (χ2n) is 5.78. The second kappa shape index (κ2) is 7.44. The summed E-state index contributed by atoms with van der Waals surface area (Å²) in [6.45, 7) is 5.63. The first kappa shape index (κ1) is 15.8. The van der Waals surface area contributed by atoms with E-state index in [9.17, 15) is 0 Å². The van der Waals surface area contributed by atoms with Crippen molar-refractivity contribution >= 4 is 11.6 Å². The van der Waals surface area contributed by atoms with Crippen molar-refractivity contribution in [3.8, 4) is 0 Å². The Morgan fingerprint density at radius 3 is 2.40 bits per heavy atom. The van der Waals surface area contributed by atoms with E-state index in [0.717, 1.165) is 17.9 Å². The Morgan fingerprint density at radius 2 is 1.80 bits per heavy atom. The molecule has 1 aromatic rings. The zero-order chi connectivity index (χ0) is 14.5. The molecule has 0 radical (unpaired) electrons. The molecule has 0 saturated heterocycles. The van der Waals surface area contributed by atoms with E-state index in [1.54, 1.807) is 7.11 Å². The summed E-state index contributed by atoms with van der Waals surface area (Å²) in [5.74, 6) is 0.633. The van der Waals surface area contributed by atoms with Gasteiger partial charge in [0.2, 0.25) is 0 Å². The third kappa shape index (κ3) is 3.97. The highest BCUT2D eigenvalue weighted by molar-refractivity contribution is 6.31.